The highest BCUT2D eigenvalue weighted by molar-refractivity contribution is 6.00. The van der Waals surface area contributed by atoms with E-state index in [0.29, 0.717) is 11.3 Å². The van der Waals surface area contributed by atoms with Crippen LogP contribution in [0.25, 0.3) is 5.69 Å². The topological polar surface area (TPSA) is 84.2 Å². The number of anilines is 1. The predicted molar refractivity (Wildman–Crippen MR) is 69.9 cm³/mol. The van der Waals surface area contributed by atoms with E-state index in [1.807, 2.05) is 0 Å². The Hall–Kier alpha value is -2.84. The van der Waals surface area contributed by atoms with E-state index in [4.69, 9.17) is 5.11 Å². The molecule has 0 spiro atoms. The fourth-order valence-corrected chi connectivity index (χ4v) is 1.82. The van der Waals surface area contributed by atoms with E-state index < -0.39 is 29.6 Å². The number of aromatic nitrogens is 2. The van der Waals surface area contributed by atoms with Gasteiger partial charge in [-0.25, -0.2) is 9.78 Å². The van der Waals surface area contributed by atoms with Crippen LogP contribution in [0, 0.1) is 6.92 Å². The van der Waals surface area contributed by atoms with E-state index in [-0.39, 0.29) is 0 Å². The van der Waals surface area contributed by atoms with Crippen molar-refractivity contribution in [2.45, 2.75) is 13.1 Å². The zero-order valence-electron chi connectivity index (χ0n) is 11.2. The van der Waals surface area contributed by atoms with Crippen molar-refractivity contribution in [2.75, 3.05) is 5.32 Å². The number of imidazole rings is 1. The number of aromatic carboxylic acids is 1. The largest absolute Gasteiger partial charge is 0.476 e. The van der Waals surface area contributed by atoms with E-state index in [1.165, 1.54) is 0 Å². The summed E-state index contributed by atoms with van der Waals surface area (Å²) in [7, 11) is 0. The number of nitrogens with one attached hydrogen (secondary N) is 1. The smallest absolute Gasteiger partial charge is 0.471 e. The molecule has 9 heteroatoms. The maximum Gasteiger partial charge on any atom is 0.471 e. The van der Waals surface area contributed by atoms with Gasteiger partial charge in [0.15, 0.2) is 11.5 Å². The summed E-state index contributed by atoms with van der Waals surface area (Å²) in [5, 5.41) is 10.6. The molecule has 0 aliphatic heterocycles. The molecule has 0 bridgehead atoms. The Morgan fingerprint density at radius 1 is 1.27 bits per heavy atom. The molecule has 0 radical (unpaired) electrons. The number of carboxylic acid groups (broad SMARTS) is 1. The number of carbonyl (C=O) groups excluding carboxylic acids is 1. The van der Waals surface area contributed by atoms with Gasteiger partial charge in [0.05, 0.1) is 5.69 Å². The van der Waals surface area contributed by atoms with Crippen molar-refractivity contribution >= 4 is 17.7 Å². The minimum atomic E-state index is -5.14. The van der Waals surface area contributed by atoms with E-state index in [0.717, 1.165) is 10.9 Å². The highest BCUT2D eigenvalue weighted by Gasteiger charge is 2.40. The molecule has 1 amide bonds. The number of alkyl halides is 3. The average molecular weight is 313 g/mol. The molecule has 0 saturated heterocycles. The van der Waals surface area contributed by atoms with Gasteiger partial charge in [0.25, 0.3) is 0 Å². The van der Waals surface area contributed by atoms with Crippen molar-refractivity contribution in [1.29, 1.82) is 0 Å². The molecule has 0 unspecified atom stereocenters. The van der Waals surface area contributed by atoms with E-state index in [1.54, 1.807) is 36.5 Å². The van der Waals surface area contributed by atoms with Crippen LogP contribution in [0.5, 0.6) is 0 Å². The van der Waals surface area contributed by atoms with Crippen LogP contribution >= 0.6 is 0 Å². The third kappa shape index (κ3) is 2.92. The molecule has 1 aromatic heterocycles. The van der Waals surface area contributed by atoms with E-state index in [2.05, 4.69) is 4.98 Å². The van der Waals surface area contributed by atoms with Crippen LogP contribution < -0.4 is 5.32 Å². The quantitative estimate of drug-likeness (QED) is 0.911. The summed E-state index contributed by atoms with van der Waals surface area (Å²) in [5.74, 6) is -4.38. The maximum absolute atomic E-state index is 12.4. The van der Waals surface area contributed by atoms with Gasteiger partial charge in [-0.15, -0.1) is 0 Å². The molecule has 6 nitrogen and oxygen atoms in total. The second kappa shape index (κ2) is 5.51. The molecule has 1 aromatic carbocycles. The third-order valence-electron chi connectivity index (χ3n) is 2.83. The van der Waals surface area contributed by atoms with Gasteiger partial charge in [0.1, 0.15) is 6.33 Å². The van der Waals surface area contributed by atoms with Crippen LogP contribution in [0.15, 0.2) is 30.6 Å². The van der Waals surface area contributed by atoms with Crippen LogP contribution in [-0.4, -0.2) is 32.7 Å². The average Bonchev–Trinajstić information content (AvgIpc) is 2.82. The molecule has 1 heterocycles. The summed E-state index contributed by atoms with van der Waals surface area (Å²) in [6.07, 6.45) is -4.10. The van der Waals surface area contributed by atoms with E-state index in [9.17, 15) is 22.8 Å². The van der Waals surface area contributed by atoms with Gasteiger partial charge in [0.2, 0.25) is 0 Å². The number of halogens is 3. The molecule has 2 N–H and O–H groups in total. The van der Waals surface area contributed by atoms with Crippen molar-refractivity contribution in [3.05, 3.63) is 41.9 Å². The van der Waals surface area contributed by atoms with Gasteiger partial charge >= 0.3 is 18.1 Å². The molecule has 0 aliphatic carbocycles. The summed E-state index contributed by atoms with van der Waals surface area (Å²) in [4.78, 5) is 25.7. The summed E-state index contributed by atoms with van der Waals surface area (Å²) in [6.45, 7) is 1.69. The molecule has 0 aliphatic rings. The van der Waals surface area contributed by atoms with Crippen LogP contribution in [0.2, 0.25) is 0 Å². The number of carbonyl (C=O) groups is 2. The van der Waals surface area contributed by atoms with Crippen LogP contribution in [0.1, 0.15) is 16.1 Å². The SMILES string of the molecule is Cc1ccccc1-n1cnc(C(=O)O)c1NC(=O)C(F)(F)F. The Bertz CT molecular complexity index is 738. The van der Waals surface area contributed by atoms with Crippen molar-refractivity contribution in [3.8, 4) is 5.69 Å². The Labute approximate surface area is 122 Å². The molecule has 116 valence electrons. The molecular formula is C13H10F3N3O3. The molecule has 22 heavy (non-hydrogen) atoms. The number of hydrogen-bond acceptors (Lipinski definition) is 3. The van der Waals surface area contributed by atoms with Gasteiger partial charge < -0.3 is 10.4 Å². The number of para-hydroxylation sites is 1. The molecule has 2 aromatic rings. The first-order valence-corrected chi connectivity index (χ1v) is 5.96. The third-order valence-corrected chi connectivity index (χ3v) is 2.83. The lowest BCUT2D eigenvalue weighted by atomic mass is 10.2. The first kappa shape index (κ1) is 15.5. The summed E-state index contributed by atoms with van der Waals surface area (Å²) in [5.41, 5.74) is 0.389. The normalized spacial score (nSPS) is 11.3. The number of benzene rings is 1. The number of rotatable bonds is 3. The minimum Gasteiger partial charge on any atom is -0.476 e. The van der Waals surface area contributed by atoms with Gasteiger partial charge in [-0.3, -0.25) is 9.36 Å². The lowest BCUT2D eigenvalue weighted by Crippen LogP contribution is -2.31. The molecule has 0 fully saturated rings. The molecule has 0 saturated carbocycles. The minimum absolute atomic E-state index is 0.403. The number of aryl methyl sites for hydroxylation is 1. The Morgan fingerprint density at radius 2 is 1.91 bits per heavy atom. The molecule has 2 rings (SSSR count). The van der Waals surface area contributed by atoms with Gasteiger partial charge in [0, 0.05) is 0 Å². The highest BCUT2D eigenvalue weighted by Crippen LogP contribution is 2.25. The zero-order valence-corrected chi connectivity index (χ0v) is 11.2. The van der Waals surface area contributed by atoms with Crippen LogP contribution in [-0.2, 0) is 4.79 Å². The highest BCUT2D eigenvalue weighted by atomic mass is 19.4. The van der Waals surface area contributed by atoms with Crippen molar-refractivity contribution in [3.63, 3.8) is 0 Å². The number of hydrogen-bond donors (Lipinski definition) is 2. The lowest BCUT2D eigenvalue weighted by molar-refractivity contribution is -0.167. The lowest BCUT2D eigenvalue weighted by Gasteiger charge is -2.13. The summed E-state index contributed by atoms with van der Waals surface area (Å²) >= 11 is 0. The van der Waals surface area contributed by atoms with Gasteiger partial charge in [-0.1, -0.05) is 18.2 Å². The first-order chi connectivity index (χ1) is 10.2. The standard InChI is InChI=1S/C13H10F3N3O3/c1-7-4-2-3-5-8(7)19-6-17-9(11(20)21)10(19)18-12(22)13(14,15)16/h2-6H,1H3,(H,18,22)(H,20,21). The summed E-state index contributed by atoms with van der Waals surface area (Å²) in [6, 6.07) is 6.58. The summed E-state index contributed by atoms with van der Waals surface area (Å²) < 4.78 is 38.3. The van der Waals surface area contributed by atoms with Gasteiger partial charge in [-0.05, 0) is 18.6 Å². The maximum atomic E-state index is 12.4. The van der Waals surface area contributed by atoms with E-state index >= 15 is 0 Å². The van der Waals surface area contributed by atoms with Crippen LogP contribution in [0.4, 0.5) is 19.0 Å². The predicted octanol–water partition coefficient (Wildman–Crippen LogP) is 2.38. The monoisotopic (exact) mass is 313 g/mol. The number of nitrogens with zero attached hydrogens (tertiary/aromatic N) is 2. The Balaban J connectivity index is 2.55. The van der Waals surface area contributed by atoms with Crippen LogP contribution in [0.3, 0.4) is 0 Å². The zero-order chi connectivity index (χ0) is 16.5. The van der Waals surface area contributed by atoms with Crippen molar-refractivity contribution < 1.29 is 27.9 Å². The van der Waals surface area contributed by atoms with Gasteiger partial charge in [-0.2, -0.15) is 13.2 Å². The molecule has 0 atom stereocenters. The second-order valence-electron chi connectivity index (χ2n) is 4.36. The second-order valence-corrected chi connectivity index (χ2v) is 4.36. The number of amides is 1. The Kier molecular flexibility index (Phi) is 3.89. The number of carboxylic acids is 1. The fourth-order valence-electron chi connectivity index (χ4n) is 1.82. The Morgan fingerprint density at radius 3 is 2.45 bits per heavy atom. The van der Waals surface area contributed by atoms with Crippen molar-refractivity contribution in [2.24, 2.45) is 0 Å². The van der Waals surface area contributed by atoms with Crippen molar-refractivity contribution in [1.82, 2.24) is 9.55 Å². The molecular weight excluding hydrogens is 303 g/mol. The fraction of sp³-hybridized carbons (Fsp3) is 0.154. The first-order valence-electron chi connectivity index (χ1n) is 5.96.